The number of hydrogen-bond donors (Lipinski definition) is 2. The van der Waals surface area contributed by atoms with Gasteiger partial charge in [0.1, 0.15) is 11.6 Å². The standard InChI is InChI=1S/C22H24N4O2/c1-15-3-2-4-16(11-15)12-20(27)25-19-13-18(7-9-24-19)26-10-8-22(14-23,21(26)28)17-5-6-17/h2-4,7,9,11,13,17,19,24H,5-6,8,10,12H2,1H3,(H,25,27). The molecule has 1 saturated heterocycles. The lowest BCUT2D eigenvalue weighted by molar-refractivity contribution is -0.132. The SMILES string of the molecule is Cc1cccc(CC(=O)NC2C=C(N3CCC(C#N)(C4CC4)C3=O)C=CN2)c1. The fourth-order valence-corrected chi connectivity index (χ4v) is 4.14. The van der Waals surface area contributed by atoms with E-state index < -0.39 is 5.41 Å². The largest absolute Gasteiger partial charge is 0.368 e. The van der Waals surface area contributed by atoms with Crippen molar-refractivity contribution in [2.24, 2.45) is 11.3 Å². The van der Waals surface area contributed by atoms with Gasteiger partial charge in [-0.15, -0.1) is 0 Å². The Morgan fingerprint density at radius 3 is 2.96 bits per heavy atom. The maximum atomic E-state index is 13.0. The summed E-state index contributed by atoms with van der Waals surface area (Å²) in [6.07, 6.45) is 7.81. The third kappa shape index (κ3) is 3.40. The maximum Gasteiger partial charge on any atom is 0.247 e. The van der Waals surface area contributed by atoms with E-state index in [2.05, 4.69) is 16.7 Å². The number of benzene rings is 1. The summed E-state index contributed by atoms with van der Waals surface area (Å²) >= 11 is 0. The lowest BCUT2D eigenvalue weighted by atomic mass is 9.83. The summed E-state index contributed by atoms with van der Waals surface area (Å²) in [5, 5.41) is 15.7. The van der Waals surface area contributed by atoms with E-state index in [-0.39, 0.29) is 23.9 Å². The van der Waals surface area contributed by atoms with Crippen molar-refractivity contribution in [1.29, 1.82) is 5.26 Å². The minimum absolute atomic E-state index is 0.0916. The fraction of sp³-hybridized carbons (Fsp3) is 0.409. The van der Waals surface area contributed by atoms with Gasteiger partial charge in [0.15, 0.2) is 0 Å². The summed E-state index contributed by atoms with van der Waals surface area (Å²) in [4.78, 5) is 27.1. The molecule has 6 nitrogen and oxygen atoms in total. The number of rotatable bonds is 5. The zero-order valence-electron chi connectivity index (χ0n) is 15.9. The van der Waals surface area contributed by atoms with Gasteiger partial charge in [0.25, 0.3) is 0 Å². The Morgan fingerprint density at radius 2 is 2.25 bits per heavy atom. The number of nitrogens with zero attached hydrogens (tertiary/aromatic N) is 2. The molecule has 3 aliphatic rings. The molecule has 2 unspecified atom stereocenters. The smallest absolute Gasteiger partial charge is 0.247 e. The van der Waals surface area contributed by atoms with Crippen molar-refractivity contribution in [3.8, 4) is 6.07 Å². The first-order valence-electron chi connectivity index (χ1n) is 9.74. The zero-order chi connectivity index (χ0) is 19.7. The third-order valence-electron chi connectivity index (χ3n) is 5.77. The van der Waals surface area contributed by atoms with Gasteiger partial charge in [0.2, 0.25) is 11.8 Å². The molecule has 2 fully saturated rings. The van der Waals surface area contributed by atoms with Crippen LogP contribution in [0.1, 0.15) is 30.4 Å². The summed E-state index contributed by atoms with van der Waals surface area (Å²) in [6, 6.07) is 10.2. The number of hydrogen-bond acceptors (Lipinski definition) is 4. The molecule has 2 aliphatic heterocycles. The van der Waals surface area contributed by atoms with Gasteiger partial charge in [-0.05, 0) is 49.8 Å². The van der Waals surface area contributed by atoms with Crippen molar-refractivity contribution in [2.75, 3.05) is 6.54 Å². The number of nitriles is 1. The van der Waals surface area contributed by atoms with Crippen molar-refractivity contribution in [3.05, 3.63) is 59.4 Å². The Labute approximate surface area is 164 Å². The van der Waals surface area contributed by atoms with Crippen molar-refractivity contribution in [2.45, 2.75) is 38.8 Å². The fourth-order valence-electron chi connectivity index (χ4n) is 4.14. The molecule has 2 heterocycles. The molecule has 1 aromatic carbocycles. The number of aryl methyl sites for hydroxylation is 1. The van der Waals surface area contributed by atoms with Crippen LogP contribution in [0.3, 0.4) is 0 Å². The molecule has 28 heavy (non-hydrogen) atoms. The maximum absolute atomic E-state index is 13.0. The van der Waals surface area contributed by atoms with E-state index >= 15 is 0 Å². The average molecular weight is 376 g/mol. The van der Waals surface area contributed by atoms with Crippen LogP contribution in [0.15, 0.2) is 48.3 Å². The van der Waals surface area contributed by atoms with Crippen molar-refractivity contribution in [3.63, 3.8) is 0 Å². The van der Waals surface area contributed by atoms with Crippen molar-refractivity contribution in [1.82, 2.24) is 15.5 Å². The number of amides is 2. The van der Waals surface area contributed by atoms with Gasteiger partial charge in [-0.25, -0.2) is 0 Å². The summed E-state index contributed by atoms with van der Waals surface area (Å²) in [7, 11) is 0. The molecule has 2 atom stereocenters. The van der Waals surface area contributed by atoms with Crippen LogP contribution in [-0.2, 0) is 16.0 Å². The molecule has 144 valence electrons. The van der Waals surface area contributed by atoms with Crippen LogP contribution in [0, 0.1) is 29.6 Å². The monoisotopic (exact) mass is 376 g/mol. The molecule has 2 N–H and O–H groups in total. The molecule has 0 radical (unpaired) electrons. The van der Waals surface area contributed by atoms with Gasteiger partial charge in [-0.3, -0.25) is 9.59 Å². The molecular weight excluding hydrogens is 352 g/mol. The Morgan fingerprint density at radius 1 is 1.43 bits per heavy atom. The van der Waals surface area contributed by atoms with Crippen molar-refractivity contribution < 1.29 is 9.59 Å². The second kappa shape index (κ2) is 7.16. The number of carbonyl (C=O) groups is 2. The Bertz CT molecular complexity index is 909. The molecule has 4 rings (SSSR count). The van der Waals surface area contributed by atoms with Crippen LogP contribution in [0.25, 0.3) is 0 Å². The lowest BCUT2D eigenvalue weighted by Gasteiger charge is -2.26. The predicted molar refractivity (Wildman–Crippen MR) is 104 cm³/mol. The Kier molecular flexibility index (Phi) is 4.68. The molecule has 1 aromatic rings. The van der Waals surface area contributed by atoms with Crippen LogP contribution in [-0.4, -0.2) is 29.4 Å². The summed E-state index contributed by atoms with van der Waals surface area (Å²) in [5.41, 5.74) is 1.97. The van der Waals surface area contributed by atoms with E-state index in [0.29, 0.717) is 19.4 Å². The van der Waals surface area contributed by atoms with Crippen LogP contribution in [0.4, 0.5) is 0 Å². The van der Waals surface area contributed by atoms with Gasteiger partial charge in [0, 0.05) is 18.4 Å². The van der Waals surface area contributed by atoms with Crippen molar-refractivity contribution >= 4 is 11.8 Å². The third-order valence-corrected chi connectivity index (χ3v) is 5.77. The van der Waals surface area contributed by atoms with Gasteiger partial charge in [-0.1, -0.05) is 29.8 Å². The van der Waals surface area contributed by atoms with Gasteiger partial charge in [-0.2, -0.15) is 5.26 Å². The zero-order valence-corrected chi connectivity index (χ0v) is 15.9. The highest BCUT2D eigenvalue weighted by molar-refractivity contribution is 5.90. The Hall–Kier alpha value is -3.07. The highest BCUT2D eigenvalue weighted by atomic mass is 16.2. The van der Waals surface area contributed by atoms with Gasteiger partial charge >= 0.3 is 0 Å². The van der Waals surface area contributed by atoms with E-state index in [1.54, 1.807) is 11.1 Å². The summed E-state index contributed by atoms with van der Waals surface area (Å²) < 4.78 is 0. The number of carbonyl (C=O) groups excluding carboxylic acids is 2. The molecule has 1 saturated carbocycles. The topological polar surface area (TPSA) is 85.2 Å². The van der Waals surface area contributed by atoms with E-state index in [4.69, 9.17) is 0 Å². The molecule has 2 amide bonds. The lowest BCUT2D eigenvalue weighted by Crippen LogP contribution is -2.45. The van der Waals surface area contributed by atoms with Gasteiger partial charge < -0.3 is 15.5 Å². The first-order chi connectivity index (χ1) is 13.5. The molecule has 1 aliphatic carbocycles. The van der Waals surface area contributed by atoms with E-state index in [9.17, 15) is 14.9 Å². The highest BCUT2D eigenvalue weighted by Gasteiger charge is 2.56. The van der Waals surface area contributed by atoms with Crippen LogP contribution < -0.4 is 10.6 Å². The molecule has 6 heteroatoms. The molecule has 0 spiro atoms. The number of dihydropyridines is 1. The van der Waals surface area contributed by atoms with E-state index in [0.717, 1.165) is 29.7 Å². The van der Waals surface area contributed by atoms with Crippen LogP contribution >= 0.6 is 0 Å². The predicted octanol–water partition coefficient (Wildman–Crippen LogP) is 2.13. The van der Waals surface area contributed by atoms with Crippen LogP contribution in [0.2, 0.25) is 0 Å². The normalized spacial score (nSPS) is 26.4. The molecule has 0 bridgehead atoms. The quantitative estimate of drug-likeness (QED) is 0.824. The second-order valence-corrected chi connectivity index (χ2v) is 7.87. The molecular formula is C22H24N4O2. The first kappa shape index (κ1) is 18.3. The van der Waals surface area contributed by atoms with Crippen LogP contribution in [0.5, 0.6) is 0 Å². The summed E-state index contributed by atoms with van der Waals surface area (Å²) in [6.45, 7) is 2.54. The second-order valence-electron chi connectivity index (χ2n) is 7.87. The molecule has 0 aromatic heterocycles. The minimum atomic E-state index is -0.858. The number of allylic oxidation sites excluding steroid dienone is 1. The highest BCUT2D eigenvalue weighted by Crippen LogP contribution is 2.51. The van der Waals surface area contributed by atoms with Gasteiger partial charge in [0.05, 0.1) is 12.5 Å². The summed E-state index contributed by atoms with van der Waals surface area (Å²) in [5.74, 6) is 0.0114. The number of likely N-dealkylation sites (tertiary alicyclic amines) is 1. The Balaban J connectivity index is 1.42. The minimum Gasteiger partial charge on any atom is -0.368 e. The van der Waals surface area contributed by atoms with E-state index in [1.807, 2.05) is 43.3 Å². The number of nitrogens with one attached hydrogen (secondary N) is 2. The van der Waals surface area contributed by atoms with E-state index in [1.165, 1.54) is 0 Å². The average Bonchev–Trinajstić information content (AvgIpc) is 3.46. The first-order valence-corrected chi connectivity index (χ1v) is 9.74.